The predicted molar refractivity (Wildman–Crippen MR) is 62.7 cm³/mol. The molecule has 0 radical (unpaired) electrons. The molecule has 1 aromatic carbocycles. The predicted octanol–water partition coefficient (Wildman–Crippen LogP) is 2.52. The van der Waals surface area contributed by atoms with Crippen molar-refractivity contribution in [1.29, 1.82) is 0 Å². The Bertz CT molecular complexity index is 334. The van der Waals surface area contributed by atoms with Crippen LogP contribution in [-0.4, -0.2) is 12.6 Å². The molecular formula is C8H4I2O2. The lowest BCUT2D eigenvalue weighted by atomic mass is 10.1. The Morgan fingerprint density at radius 2 is 1.75 bits per heavy atom. The van der Waals surface area contributed by atoms with Crippen molar-refractivity contribution in [2.24, 2.45) is 0 Å². The molecule has 62 valence electrons. The number of halogens is 2. The molecule has 4 heteroatoms. The first-order valence-corrected chi connectivity index (χ1v) is 5.24. The molecular weight excluding hydrogens is 382 g/mol. The van der Waals surface area contributed by atoms with Gasteiger partial charge in [0.1, 0.15) is 0 Å². The molecule has 0 saturated heterocycles. The summed E-state index contributed by atoms with van der Waals surface area (Å²) in [6.45, 7) is 0. The zero-order valence-corrected chi connectivity index (χ0v) is 10.2. The van der Waals surface area contributed by atoms with Gasteiger partial charge in [-0.05, 0) is 57.3 Å². The summed E-state index contributed by atoms with van der Waals surface area (Å²) in [5, 5.41) is 0. The molecule has 0 aliphatic rings. The number of benzene rings is 1. The van der Waals surface area contributed by atoms with Crippen molar-refractivity contribution in [1.82, 2.24) is 0 Å². The Morgan fingerprint density at radius 3 is 2.25 bits per heavy atom. The van der Waals surface area contributed by atoms with Crippen LogP contribution < -0.4 is 0 Å². The van der Waals surface area contributed by atoms with Gasteiger partial charge in [0.15, 0.2) is 12.6 Å². The first kappa shape index (κ1) is 10.1. The Balaban J connectivity index is 3.45. The van der Waals surface area contributed by atoms with E-state index in [9.17, 15) is 9.59 Å². The molecule has 12 heavy (non-hydrogen) atoms. The second-order valence-corrected chi connectivity index (χ2v) is 4.34. The van der Waals surface area contributed by atoms with Crippen LogP contribution in [0.25, 0.3) is 0 Å². The number of hydrogen-bond donors (Lipinski definition) is 0. The summed E-state index contributed by atoms with van der Waals surface area (Å²) in [7, 11) is 0. The smallest absolute Gasteiger partial charge is 0.151 e. The SMILES string of the molecule is O=Cc1ccc(I)c(I)c1C=O. The molecule has 0 saturated carbocycles. The van der Waals surface area contributed by atoms with Gasteiger partial charge < -0.3 is 0 Å². The Kier molecular flexibility index (Phi) is 3.63. The number of rotatable bonds is 2. The maximum atomic E-state index is 10.6. The lowest BCUT2D eigenvalue weighted by Gasteiger charge is -2.01. The van der Waals surface area contributed by atoms with Crippen LogP contribution >= 0.6 is 45.2 Å². The number of aldehydes is 2. The maximum Gasteiger partial charge on any atom is 0.151 e. The van der Waals surface area contributed by atoms with Crippen molar-refractivity contribution in [3.63, 3.8) is 0 Å². The normalized spacial score (nSPS) is 9.50. The zero-order chi connectivity index (χ0) is 9.14. The average Bonchev–Trinajstić information content (AvgIpc) is 2.09. The minimum Gasteiger partial charge on any atom is -0.298 e. The molecule has 0 aliphatic carbocycles. The largest absolute Gasteiger partial charge is 0.298 e. The summed E-state index contributed by atoms with van der Waals surface area (Å²) in [6, 6.07) is 3.47. The van der Waals surface area contributed by atoms with E-state index in [1.807, 2.05) is 6.07 Å². The molecule has 0 amide bonds. The minimum absolute atomic E-state index is 0.454. The topological polar surface area (TPSA) is 34.1 Å². The van der Waals surface area contributed by atoms with Gasteiger partial charge in [-0.15, -0.1) is 0 Å². The van der Waals surface area contributed by atoms with Gasteiger partial charge in [-0.3, -0.25) is 9.59 Å². The van der Waals surface area contributed by atoms with E-state index < -0.39 is 0 Å². The Morgan fingerprint density at radius 1 is 1.08 bits per heavy atom. The fourth-order valence-corrected chi connectivity index (χ4v) is 1.89. The van der Waals surface area contributed by atoms with Gasteiger partial charge in [-0.25, -0.2) is 0 Å². The quantitative estimate of drug-likeness (QED) is 0.579. The van der Waals surface area contributed by atoms with Crippen LogP contribution in [0.2, 0.25) is 0 Å². The van der Waals surface area contributed by atoms with Crippen LogP contribution in [0.1, 0.15) is 20.7 Å². The fraction of sp³-hybridized carbons (Fsp3) is 0. The van der Waals surface area contributed by atoms with Crippen LogP contribution in [-0.2, 0) is 0 Å². The van der Waals surface area contributed by atoms with Gasteiger partial charge >= 0.3 is 0 Å². The molecule has 0 N–H and O–H groups in total. The maximum absolute atomic E-state index is 10.6. The molecule has 0 fully saturated rings. The second-order valence-electron chi connectivity index (χ2n) is 2.10. The van der Waals surface area contributed by atoms with Gasteiger partial charge in [0.05, 0.1) is 0 Å². The summed E-state index contributed by atoms with van der Waals surface area (Å²) >= 11 is 4.18. The van der Waals surface area contributed by atoms with Crippen LogP contribution in [0.15, 0.2) is 12.1 Å². The van der Waals surface area contributed by atoms with Crippen molar-refractivity contribution in [3.05, 3.63) is 30.4 Å². The third kappa shape index (κ3) is 1.85. The highest BCUT2D eigenvalue weighted by molar-refractivity contribution is 14.1. The minimum atomic E-state index is 0.454. The van der Waals surface area contributed by atoms with Crippen LogP contribution in [0.4, 0.5) is 0 Å². The lowest BCUT2D eigenvalue weighted by molar-refractivity contribution is 0.109. The molecule has 0 heterocycles. The Labute approximate surface area is 97.0 Å². The van der Waals surface area contributed by atoms with Crippen LogP contribution in [0.3, 0.4) is 0 Å². The van der Waals surface area contributed by atoms with Gasteiger partial charge in [-0.1, -0.05) is 0 Å². The standard InChI is InChI=1S/C8H4I2O2/c9-7-2-1-5(3-11)6(4-12)8(7)10/h1-4H. The summed E-state index contributed by atoms with van der Waals surface area (Å²) in [6.07, 6.45) is 1.41. The van der Waals surface area contributed by atoms with E-state index in [-0.39, 0.29) is 0 Å². The van der Waals surface area contributed by atoms with Crippen LogP contribution in [0.5, 0.6) is 0 Å². The van der Waals surface area contributed by atoms with Gasteiger partial charge in [0, 0.05) is 18.3 Å². The lowest BCUT2D eigenvalue weighted by Crippen LogP contribution is -1.96. The van der Waals surface area contributed by atoms with E-state index in [4.69, 9.17) is 0 Å². The molecule has 2 nitrogen and oxygen atoms in total. The fourth-order valence-electron chi connectivity index (χ4n) is 0.804. The van der Waals surface area contributed by atoms with E-state index in [0.717, 1.165) is 7.14 Å². The monoisotopic (exact) mass is 386 g/mol. The van der Waals surface area contributed by atoms with Crippen molar-refractivity contribution in [3.8, 4) is 0 Å². The molecule has 1 aromatic rings. The summed E-state index contributed by atoms with van der Waals surface area (Å²) in [5.74, 6) is 0. The van der Waals surface area contributed by atoms with E-state index in [0.29, 0.717) is 23.7 Å². The number of carbonyl (C=O) groups excluding carboxylic acids is 2. The first-order valence-electron chi connectivity index (χ1n) is 3.09. The Hall–Kier alpha value is 0.0200. The van der Waals surface area contributed by atoms with Gasteiger partial charge in [0.2, 0.25) is 0 Å². The third-order valence-corrected chi connectivity index (χ3v) is 4.50. The van der Waals surface area contributed by atoms with E-state index >= 15 is 0 Å². The summed E-state index contributed by atoms with van der Waals surface area (Å²) in [4.78, 5) is 21.1. The number of carbonyl (C=O) groups is 2. The van der Waals surface area contributed by atoms with E-state index in [1.54, 1.807) is 6.07 Å². The van der Waals surface area contributed by atoms with Crippen molar-refractivity contribution >= 4 is 57.8 Å². The molecule has 0 unspecified atom stereocenters. The molecule has 1 rings (SSSR count). The third-order valence-electron chi connectivity index (χ3n) is 1.41. The van der Waals surface area contributed by atoms with Gasteiger partial charge in [0.25, 0.3) is 0 Å². The second kappa shape index (κ2) is 4.31. The molecule has 0 atom stereocenters. The zero-order valence-electron chi connectivity index (χ0n) is 5.88. The highest BCUT2D eigenvalue weighted by atomic mass is 127. The summed E-state index contributed by atoms with van der Waals surface area (Å²) < 4.78 is 1.83. The highest BCUT2D eigenvalue weighted by Crippen LogP contribution is 2.20. The average molecular weight is 386 g/mol. The molecule has 0 aliphatic heterocycles. The van der Waals surface area contributed by atoms with Crippen molar-refractivity contribution in [2.75, 3.05) is 0 Å². The summed E-state index contributed by atoms with van der Waals surface area (Å²) in [5.41, 5.74) is 0.937. The van der Waals surface area contributed by atoms with Gasteiger partial charge in [-0.2, -0.15) is 0 Å². The van der Waals surface area contributed by atoms with Crippen molar-refractivity contribution in [2.45, 2.75) is 0 Å². The molecule has 0 spiro atoms. The van der Waals surface area contributed by atoms with Crippen molar-refractivity contribution < 1.29 is 9.59 Å². The first-order chi connectivity index (χ1) is 5.70. The van der Waals surface area contributed by atoms with E-state index in [1.165, 1.54) is 0 Å². The number of hydrogen-bond acceptors (Lipinski definition) is 2. The highest BCUT2D eigenvalue weighted by Gasteiger charge is 2.07. The molecule has 0 aromatic heterocycles. The van der Waals surface area contributed by atoms with E-state index in [2.05, 4.69) is 45.2 Å². The van der Waals surface area contributed by atoms with Crippen LogP contribution in [0, 0.1) is 7.14 Å². The molecule has 0 bridgehead atoms.